The summed E-state index contributed by atoms with van der Waals surface area (Å²) >= 11 is 6.08. The molecule has 2 aliphatic heterocycles. The van der Waals surface area contributed by atoms with Crippen molar-refractivity contribution in [2.24, 2.45) is 0 Å². The number of hydrogen-bond acceptors (Lipinski definition) is 9. The smallest absolute Gasteiger partial charge is 0.335 e. The number of carbonyl (C=O) groups is 2. The summed E-state index contributed by atoms with van der Waals surface area (Å²) in [5.74, 6) is -2.28. The van der Waals surface area contributed by atoms with Gasteiger partial charge >= 0.3 is 5.97 Å². The van der Waals surface area contributed by atoms with Crippen LogP contribution in [0.25, 0.3) is 0 Å². The van der Waals surface area contributed by atoms with Crippen molar-refractivity contribution in [1.29, 1.82) is 0 Å². The third-order valence-electron chi connectivity index (χ3n) is 6.04. The van der Waals surface area contributed by atoms with E-state index in [9.17, 15) is 33.3 Å². The fourth-order valence-corrected chi connectivity index (χ4v) is 5.81. The highest BCUT2D eigenvalue weighted by Gasteiger charge is 2.48. The molecule has 1 amide bonds. The molecule has 0 radical (unpaired) electrons. The molecule has 0 aliphatic carbocycles. The van der Waals surface area contributed by atoms with E-state index in [4.69, 9.17) is 21.4 Å². The van der Waals surface area contributed by atoms with Crippen LogP contribution in [0.1, 0.15) is 22.8 Å². The number of carbonyl (C=O) groups excluding carboxylic acids is 1. The van der Waals surface area contributed by atoms with Crippen LogP contribution in [0.5, 0.6) is 0 Å². The van der Waals surface area contributed by atoms with E-state index < -0.39 is 57.4 Å². The first-order valence-electron chi connectivity index (χ1n) is 10.8. The van der Waals surface area contributed by atoms with Gasteiger partial charge in [0.1, 0.15) is 23.2 Å². The summed E-state index contributed by atoms with van der Waals surface area (Å²) in [6, 6.07) is 11.0. The van der Waals surface area contributed by atoms with E-state index in [-0.39, 0.29) is 16.6 Å². The van der Waals surface area contributed by atoms with Gasteiger partial charge in [-0.15, -0.1) is 0 Å². The Balaban J connectivity index is 1.56. The van der Waals surface area contributed by atoms with Crippen molar-refractivity contribution in [2.75, 3.05) is 5.01 Å². The molecule has 1 saturated heterocycles. The van der Waals surface area contributed by atoms with Gasteiger partial charge in [0.25, 0.3) is 5.91 Å². The van der Waals surface area contributed by atoms with Gasteiger partial charge in [0, 0.05) is 5.56 Å². The van der Waals surface area contributed by atoms with E-state index >= 15 is 0 Å². The van der Waals surface area contributed by atoms with Crippen molar-refractivity contribution in [3.05, 3.63) is 58.6 Å². The lowest BCUT2D eigenvalue weighted by Gasteiger charge is -2.38. The number of nitrogens with one attached hydrogen (secondary N) is 2. The zero-order valence-electron chi connectivity index (χ0n) is 18.8. The highest BCUT2D eigenvalue weighted by molar-refractivity contribution is 7.89. The highest BCUT2D eigenvalue weighted by atomic mass is 35.5. The monoisotopic (exact) mass is 541 g/mol. The van der Waals surface area contributed by atoms with Crippen LogP contribution in [0.3, 0.4) is 0 Å². The summed E-state index contributed by atoms with van der Waals surface area (Å²) in [4.78, 5) is 23.7. The molecule has 36 heavy (non-hydrogen) atoms. The van der Waals surface area contributed by atoms with Crippen molar-refractivity contribution in [3.63, 3.8) is 0 Å². The number of ether oxygens (including phenoxy) is 1. The number of hydrogen-bond donors (Lipinski definition) is 6. The van der Waals surface area contributed by atoms with Crippen molar-refractivity contribution in [1.82, 2.24) is 10.1 Å². The van der Waals surface area contributed by atoms with Gasteiger partial charge in [-0.3, -0.25) is 15.2 Å². The van der Waals surface area contributed by atoms with Gasteiger partial charge in [-0.05, 0) is 43.2 Å². The maximum Gasteiger partial charge on any atom is 0.335 e. The molecule has 12 nitrogen and oxygen atoms in total. The minimum Gasteiger partial charge on any atom is -0.479 e. The number of nitrogens with zero attached hydrogens (tertiary/aromatic N) is 1. The van der Waals surface area contributed by atoms with Crippen LogP contribution in [0.2, 0.25) is 5.02 Å². The number of amides is 1. The fraction of sp³-hybridized carbons (Fsp3) is 0.364. The third kappa shape index (κ3) is 4.91. The second kappa shape index (κ2) is 9.94. The Morgan fingerprint density at radius 2 is 1.78 bits per heavy atom. The number of sulfonamides is 1. The van der Waals surface area contributed by atoms with Crippen LogP contribution in [-0.4, -0.2) is 77.4 Å². The van der Waals surface area contributed by atoms with Gasteiger partial charge in [0.2, 0.25) is 10.0 Å². The average molecular weight is 542 g/mol. The number of rotatable bonds is 6. The SMILES string of the molecule is C[C@H]1Cc2ccccc2N1NC(=O)c1ccc(Cl)c(S(=O)(=O)N[C@@H]2O[C@H](C(=O)O)[C@@H](O)[C@H](O)[C@H]2O)c1. The van der Waals surface area contributed by atoms with Gasteiger partial charge in [-0.1, -0.05) is 29.8 Å². The third-order valence-corrected chi connectivity index (χ3v) is 7.94. The highest BCUT2D eigenvalue weighted by Crippen LogP contribution is 2.31. The lowest BCUT2D eigenvalue weighted by molar-refractivity contribution is -0.229. The fourth-order valence-electron chi connectivity index (χ4n) is 4.16. The number of para-hydroxylation sites is 1. The van der Waals surface area contributed by atoms with E-state index in [0.29, 0.717) is 6.42 Å². The predicted octanol–water partition coefficient (Wildman–Crippen LogP) is -0.393. The second-order valence-corrected chi connectivity index (χ2v) is 10.6. The molecule has 6 atom stereocenters. The van der Waals surface area contributed by atoms with E-state index in [1.54, 1.807) is 5.01 Å². The standard InChI is InChI=1S/C22H24ClN3O9S/c1-10-8-11-4-2-3-5-14(11)26(10)24-20(30)12-6-7-13(23)15(9-12)36(33,34)25-21-18(29)16(27)17(28)19(35-21)22(31)32/h2-7,9-10,16-19,21,25,27-29H,8H2,1H3,(H,24,30)(H,31,32)/t10-,16-,17-,18+,19-,21+/m0/s1. The Hall–Kier alpha value is -2.78. The van der Waals surface area contributed by atoms with Crippen molar-refractivity contribution >= 4 is 39.2 Å². The van der Waals surface area contributed by atoms with Gasteiger partial charge in [0.05, 0.1) is 16.8 Å². The van der Waals surface area contributed by atoms with Crippen molar-refractivity contribution in [2.45, 2.75) is 54.9 Å². The topological polar surface area (TPSA) is 186 Å². The van der Waals surface area contributed by atoms with Crippen LogP contribution in [-0.2, 0) is 26.0 Å². The number of anilines is 1. The quantitative estimate of drug-likeness (QED) is 0.281. The number of aliphatic hydroxyl groups excluding tert-OH is 3. The second-order valence-electron chi connectivity index (χ2n) is 8.55. The summed E-state index contributed by atoms with van der Waals surface area (Å²) in [5.41, 5.74) is 4.59. The summed E-state index contributed by atoms with van der Waals surface area (Å²) < 4.78 is 33.0. The van der Waals surface area contributed by atoms with E-state index in [0.717, 1.165) is 17.3 Å². The Labute approximate surface area is 211 Å². The lowest BCUT2D eigenvalue weighted by Crippen LogP contribution is -2.64. The number of aliphatic carboxylic acids is 1. The molecule has 2 aliphatic rings. The van der Waals surface area contributed by atoms with Gasteiger partial charge < -0.3 is 25.2 Å². The number of carboxylic acid groups (broad SMARTS) is 1. The van der Waals surface area contributed by atoms with Gasteiger partial charge in [-0.2, -0.15) is 4.72 Å². The molecule has 1 fully saturated rings. The van der Waals surface area contributed by atoms with Crippen molar-refractivity contribution < 1.29 is 43.2 Å². The molecule has 2 aromatic carbocycles. The number of halogens is 1. The van der Waals surface area contributed by atoms with Crippen LogP contribution >= 0.6 is 11.6 Å². The van der Waals surface area contributed by atoms with E-state index in [1.807, 2.05) is 35.9 Å². The lowest BCUT2D eigenvalue weighted by atomic mass is 9.98. The molecular weight excluding hydrogens is 518 g/mol. The molecular formula is C22H24ClN3O9S. The summed E-state index contributed by atoms with van der Waals surface area (Å²) in [5, 5.41) is 40.4. The Morgan fingerprint density at radius 1 is 1.08 bits per heavy atom. The zero-order chi connectivity index (χ0) is 26.4. The average Bonchev–Trinajstić information content (AvgIpc) is 3.14. The molecule has 0 spiro atoms. The minimum atomic E-state index is -4.60. The zero-order valence-corrected chi connectivity index (χ0v) is 20.3. The van der Waals surface area contributed by atoms with Crippen LogP contribution in [0, 0.1) is 0 Å². The van der Waals surface area contributed by atoms with Crippen LogP contribution in [0.15, 0.2) is 47.4 Å². The first kappa shape index (κ1) is 26.3. The van der Waals surface area contributed by atoms with Gasteiger partial charge in [0.15, 0.2) is 12.3 Å². The summed E-state index contributed by atoms with van der Waals surface area (Å²) in [6.45, 7) is 1.92. The molecule has 0 aromatic heterocycles. The summed E-state index contributed by atoms with van der Waals surface area (Å²) in [6.07, 6.45) is -9.22. The first-order chi connectivity index (χ1) is 16.9. The number of carboxylic acids is 1. The molecule has 0 bridgehead atoms. The van der Waals surface area contributed by atoms with E-state index in [2.05, 4.69) is 5.43 Å². The van der Waals surface area contributed by atoms with Crippen LogP contribution in [0.4, 0.5) is 5.69 Å². The number of hydrazine groups is 1. The Bertz CT molecular complexity index is 1290. The van der Waals surface area contributed by atoms with Crippen LogP contribution < -0.4 is 15.2 Å². The first-order valence-corrected chi connectivity index (χ1v) is 12.7. The number of aliphatic hydroxyl groups is 3. The molecule has 0 saturated carbocycles. The minimum absolute atomic E-state index is 0.0414. The normalized spacial score (nSPS) is 28.0. The maximum absolute atomic E-state index is 13.0. The molecule has 14 heteroatoms. The molecule has 4 rings (SSSR count). The summed E-state index contributed by atoms with van der Waals surface area (Å²) in [7, 11) is -4.60. The molecule has 2 aromatic rings. The maximum atomic E-state index is 13.0. The predicted molar refractivity (Wildman–Crippen MR) is 126 cm³/mol. The Kier molecular flexibility index (Phi) is 7.26. The molecule has 2 heterocycles. The number of fused-ring (bicyclic) bond motifs is 1. The van der Waals surface area contributed by atoms with Crippen molar-refractivity contribution in [3.8, 4) is 0 Å². The van der Waals surface area contributed by atoms with Gasteiger partial charge in [-0.25, -0.2) is 13.2 Å². The number of benzene rings is 2. The molecule has 194 valence electrons. The van der Waals surface area contributed by atoms with E-state index in [1.165, 1.54) is 12.1 Å². The molecule has 0 unspecified atom stereocenters. The largest absolute Gasteiger partial charge is 0.479 e. The molecule has 6 N–H and O–H groups in total. The Morgan fingerprint density at radius 3 is 2.47 bits per heavy atom.